The predicted octanol–water partition coefficient (Wildman–Crippen LogP) is 3.73. The fourth-order valence-corrected chi connectivity index (χ4v) is 2.96. The summed E-state index contributed by atoms with van der Waals surface area (Å²) in [5.74, 6) is -1.20. The average Bonchev–Trinajstić information content (AvgIpc) is 3.35. The number of rotatable bonds is 6. The van der Waals surface area contributed by atoms with Gasteiger partial charge in [-0.3, -0.25) is 14.9 Å². The summed E-state index contributed by atoms with van der Waals surface area (Å²) in [4.78, 5) is 40.4. The molecule has 2 aromatic heterocycles. The molecule has 0 aliphatic carbocycles. The van der Waals surface area contributed by atoms with Gasteiger partial charge >= 0.3 is 5.97 Å². The minimum Gasteiger partial charge on any atom is -0.461 e. The van der Waals surface area contributed by atoms with Crippen molar-refractivity contribution in [2.45, 2.75) is 13.8 Å². The summed E-state index contributed by atoms with van der Waals surface area (Å²) in [6.45, 7) is 3.76. The maximum absolute atomic E-state index is 12.5. The highest BCUT2D eigenvalue weighted by atomic mass is 32.1. The Balaban J connectivity index is 1.72. The molecule has 8 nitrogen and oxygen atoms in total. The quantitative estimate of drug-likeness (QED) is 0.611. The van der Waals surface area contributed by atoms with E-state index in [1.54, 1.807) is 37.3 Å². The van der Waals surface area contributed by atoms with Crippen LogP contribution in [0.1, 0.15) is 43.9 Å². The molecule has 0 fully saturated rings. The number of furan rings is 1. The first-order valence-electron chi connectivity index (χ1n) is 8.37. The lowest BCUT2D eigenvalue weighted by Crippen LogP contribution is -2.15. The van der Waals surface area contributed by atoms with Crippen LogP contribution in [0, 0.1) is 6.92 Å². The van der Waals surface area contributed by atoms with E-state index in [1.807, 2.05) is 6.92 Å². The number of nitrogens with one attached hydrogen (secondary N) is 2. The van der Waals surface area contributed by atoms with Crippen molar-refractivity contribution in [3.63, 3.8) is 0 Å². The van der Waals surface area contributed by atoms with E-state index in [0.29, 0.717) is 11.3 Å². The van der Waals surface area contributed by atoms with Gasteiger partial charge in [0.25, 0.3) is 11.8 Å². The van der Waals surface area contributed by atoms with Crippen LogP contribution in [-0.4, -0.2) is 29.4 Å². The van der Waals surface area contributed by atoms with Crippen LogP contribution in [-0.2, 0) is 4.74 Å². The first-order valence-corrected chi connectivity index (χ1v) is 9.25. The number of hydrogen-bond acceptors (Lipinski definition) is 7. The predicted molar refractivity (Wildman–Crippen MR) is 104 cm³/mol. The highest BCUT2D eigenvalue weighted by Gasteiger charge is 2.16. The van der Waals surface area contributed by atoms with Crippen molar-refractivity contribution < 1.29 is 23.5 Å². The molecule has 1 aromatic carbocycles. The SMILES string of the molecule is CCOC(=O)c1csc(NC(=O)c2ccc(C)c(NC(=O)c3ccco3)c2)n1. The van der Waals surface area contributed by atoms with E-state index in [9.17, 15) is 14.4 Å². The molecule has 0 radical (unpaired) electrons. The minimum absolute atomic E-state index is 0.137. The third-order valence-corrected chi connectivity index (χ3v) is 4.46. The van der Waals surface area contributed by atoms with E-state index < -0.39 is 17.8 Å². The molecule has 3 aromatic rings. The summed E-state index contributed by atoms with van der Waals surface area (Å²) in [6, 6.07) is 8.08. The number of carbonyl (C=O) groups excluding carboxylic acids is 3. The third-order valence-electron chi connectivity index (χ3n) is 3.70. The third kappa shape index (κ3) is 4.44. The summed E-state index contributed by atoms with van der Waals surface area (Å²) in [5.41, 5.74) is 1.74. The molecule has 0 saturated carbocycles. The Kier molecular flexibility index (Phi) is 5.85. The van der Waals surface area contributed by atoms with Gasteiger partial charge in [0.2, 0.25) is 0 Å². The maximum atomic E-state index is 12.5. The van der Waals surface area contributed by atoms with Gasteiger partial charge in [-0.05, 0) is 43.7 Å². The van der Waals surface area contributed by atoms with Crippen LogP contribution in [0.2, 0.25) is 0 Å². The van der Waals surface area contributed by atoms with E-state index in [1.165, 1.54) is 11.6 Å². The molecule has 0 spiro atoms. The van der Waals surface area contributed by atoms with E-state index in [-0.39, 0.29) is 23.2 Å². The first-order chi connectivity index (χ1) is 13.5. The Morgan fingerprint density at radius 1 is 1.18 bits per heavy atom. The zero-order valence-corrected chi connectivity index (χ0v) is 16.0. The van der Waals surface area contributed by atoms with Crippen molar-refractivity contribution >= 4 is 39.9 Å². The van der Waals surface area contributed by atoms with Gasteiger partial charge in [-0.1, -0.05) is 6.07 Å². The van der Waals surface area contributed by atoms with Gasteiger partial charge in [-0.15, -0.1) is 11.3 Å². The molecule has 2 amide bonds. The molecular formula is C19H17N3O5S. The number of carbonyl (C=O) groups is 3. The number of aryl methyl sites for hydroxylation is 1. The van der Waals surface area contributed by atoms with E-state index in [4.69, 9.17) is 9.15 Å². The number of ether oxygens (including phenoxy) is 1. The van der Waals surface area contributed by atoms with Crippen LogP contribution in [0.25, 0.3) is 0 Å². The number of hydrogen-bond donors (Lipinski definition) is 2. The molecule has 3 rings (SSSR count). The second kappa shape index (κ2) is 8.49. The van der Waals surface area contributed by atoms with Crippen LogP contribution >= 0.6 is 11.3 Å². The van der Waals surface area contributed by atoms with Crippen LogP contribution in [0.3, 0.4) is 0 Å². The van der Waals surface area contributed by atoms with Crippen LogP contribution in [0.15, 0.2) is 46.4 Å². The van der Waals surface area contributed by atoms with Gasteiger partial charge in [-0.2, -0.15) is 0 Å². The normalized spacial score (nSPS) is 10.4. The second-order valence-corrected chi connectivity index (χ2v) is 6.53. The molecule has 0 unspecified atom stereocenters. The maximum Gasteiger partial charge on any atom is 0.357 e. The minimum atomic E-state index is -0.544. The lowest BCUT2D eigenvalue weighted by molar-refractivity contribution is 0.0520. The highest BCUT2D eigenvalue weighted by molar-refractivity contribution is 7.14. The Labute approximate surface area is 164 Å². The zero-order valence-electron chi connectivity index (χ0n) is 15.1. The summed E-state index contributed by atoms with van der Waals surface area (Å²) in [7, 11) is 0. The van der Waals surface area contributed by atoms with E-state index in [2.05, 4.69) is 15.6 Å². The fourth-order valence-electron chi connectivity index (χ4n) is 2.29. The molecule has 9 heteroatoms. The smallest absolute Gasteiger partial charge is 0.357 e. The Morgan fingerprint density at radius 3 is 2.71 bits per heavy atom. The molecule has 0 aliphatic rings. The molecule has 0 atom stereocenters. The fraction of sp³-hybridized carbons (Fsp3) is 0.158. The van der Waals surface area contributed by atoms with Gasteiger partial charge < -0.3 is 14.5 Å². The van der Waals surface area contributed by atoms with Gasteiger partial charge in [0, 0.05) is 16.6 Å². The molecule has 144 valence electrons. The number of thiazole rings is 1. The standard InChI is InChI=1S/C19H17N3O5S/c1-3-26-18(25)14-10-28-19(21-14)22-16(23)12-7-6-11(2)13(9-12)20-17(24)15-5-4-8-27-15/h4-10H,3H2,1-2H3,(H,20,24)(H,21,22,23). The molecule has 2 heterocycles. The number of nitrogens with zero attached hydrogens (tertiary/aromatic N) is 1. The Morgan fingerprint density at radius 2 is 2.00 bits per heavy atom. The lowest BCUT2D eigenvalue weighted by atomic mass is 10.1. The largest absolute Gasteiger partial charge is 0.461 e. The lowest BCUT2D eigenvalue weighted by Gasteiger charge is -2.09. The summed E-state index contributed by atoms with van der Waals surface area (Å²) >= 11 is 1.12. The molecular weight excluding hydrogens is 382 g/mol. The second-order valence-electron chi connectivity index (χ2n) is 5.67. The van der Waals surface area contributed by atoms with Gasteiger partial charge in [0.15, 0.2) is 16.6 Å². The Bertz CT molecular complexity index is 1010. The Hall–Kier alpha value is -3.46. The molecule has 28 heavy (non-hydrogen) atoms. The number of aromatic nitrogens is 1. The number of esters is 1. The van der Waals surface area contributed by atoms with Gasteiger partial charge in [0.1, 0.15) is 0 Å². The zero-order chi connectivity index (χ0) is 20.1. The van der Waals surface area contributed by atoms with E-state index >= 15 is 0 Å². The first kappa shape index (κ1) is 19.3. The van der Waals surface area contributed by atoms with Gasteiger partial charge in [0.05, 0.1) is 12.9 Å². The molecule has 0 aliphatic heterocycles. The number of amides is 2. The van der Waals surface area contributed by atoms with Crippen molar-refractivity contribution in [2.24, 2.45) is 0 Å². The van der Waals surface area contributed by atoms with Crippen molar-refractivity contribution in [2.75, 3.05) is 17.2 Å². The summed E-state index contributed by atoms with van der Waals surface area (Å²) in [6.07, 6.45) is 1.41. The van der Waals surface area contributed by atoms with Gasteiger partial charge in [-0.25, -0.2) is 9.78 Å². The average molecular weight is 399 g/mol. The summed E-state index contributed by atoms with van der Waals surface area (Å²) < 4.78 is 9.94. The highest BCUT2D eigenvalue weighted by Crippen LogP contribution is 2.21. The van der Waals surface area contributed by atoms with Crippen LogP contribution in [0.5, 0.6) is 0 Å². The van der Waals surface area contributed by atoms with E-state index in [0.717, 1.165) is 16.9 Å². The summed E-state index contributed by atoms with van der Waals surface area (Å²) in [5, 5.41) is 7.14. The molecule has 0 bridgehead atoms. The van der Waals surface area contributed by atoms with Crippen molar-refractivity contribution in [1.29, 1.82) is 0 Å². The van der Waals surface area contributed by atoms with Crippen molar-refractivity contribution in [3.05, 3.63) is 64.6 Å². The van der Waals surface area contributed by atoms with Crippen molar-refractivity contribution in [3.8, 4) is 0 Å². The topological polar surface area (TPSA) is 111 Å². The number of benzene rings is 1. The molecule has 0 saturated heterocycles. The number of anilines is 2. The molecule has 2 N–H and O–H groups in total. The van der Waals surface area contributed by atoms with Crippen LogP contribution in [0.4, 0.5) is 10.8 Å². The van der Waals surface area contributed by atoms with Crippen molar-refractivity contribution in [1.82, 2.24) is 4.98 Å². The monoisotopic (exact) mass is 399 g/mol. The van der Waals surface area contributed by atoms with Crippen LogP contribution < -0.4 is 10.6 Å².